The van der Waals surface area contributed by atoms with Crippen LogP contribution in [0.5, 0.6) is 0 Å². The second kappa shape index (κ2) is 6.89. The van der Waals surface area contributed by atoms with Gasteiger partial charge in [-0.25, -0.2) is 0 Å². The Morgan fingerprint density at radius 1 is 1.38 bits per heavy atom. The molecule has 0 radical (unpaired) electrons. The first-order valence-electron chi connectivity index (χ1n) is 6.57. The second-order valence-corrected chi connectivity index (χ2v) is 5.23. The zero-order chi connectivity index (χ0) is 12.0. The van der Waals surface area contributed by atoms with E-state index >= 15 is 0 Å². The van der Waals surface area contributed by atoms with Crippen LogP contribution in [-0.4, -0.2) is 24.2 Å². The molecule has 3 nitrogen and oxygen atoms in total. The maximum atomic E-state index is 10.8. The van der Waals surface area contributed by atoms with Gasteiger partial charge in [0, 0.05) is 0 Å². The van der Waals surface area contributed by atoms with Gasteiger partial charge in [0.15, 0.2) is 0 Å². The van der Waals surface area contributed by atoms with Crippen molar-refractivity contribution < 1.29 is 9.90 Å². The summed E-state index contributed by atoms with van der Waals surface area (Å²) in [5.74, 6) is 0.756. The van der Waals surface area contributed by atoms with Crippen LogP contribution in [0.1, 0.15) is 46.0 Å². The van der Waals surface area contributed by atoms with Gasteiger partial charge >= 0.3 is 5.97 Å². The number of hydrogen-bond donors (Lipinski definition) is 2. The van der Waals surface area contributed by atoms with Crippen LogP contribution in [0.4, 0.5) is 0 Å². The fraction of sp³-hybridized carbons (Fsp3) is 0.923. The average Bonchev–Trinajstić information content (AvgIpc) is 2.29. The third kappa shape index (κ3) is 4.52. The number of carboxylic acids is 1. The van der Waals surface area contributed by atoms with Crippen molar-refractivity contribution in [3.05, 3.63) is 0 Å². The predicted octanol–water partition coefficient (Wildman–Crippen LogP) is 2.51. The lowest BCUT2D eigenvalue weighted by molar-refractivity contribution is -0.143. The van der Waals surface area contributed by atoms with Gasteiger partial charge in [-0.2, -0.15) is 0 Å². The third-order valence-corrected chi connectivity index (χ3v) is 3.82. The van der Waals surface area contributed by atoms with Crippen molar-refractivity contribution in [2.75, 3.05) is 13.1 Å². The molecule has 1 unspecified atom stereocenters. The average molecular weight is 227 g/mol. The molecule has 94 valence electrons. The molecule has 0 aliphatic heterocycles. The Morgan fingerprint density at radius 2 is 2.00 bits per heavy atom. The van der Waals surface area contributed by atoms with Gasteiger partial charge in [-0.05, 0) is 50.6 Å². The summed E-state index contributed by atoms with van der Waals surface area (Å²) in [6.45, 7) is 6.63. The van der Waals surface area contributed by atoms with Gasteiger partial charge in [0.25, 0.3) is 0 Å². The zero-order valence-electron chi connectivity index (χ0n) is 10.5. The summed E-state index contributed by atoms with van der Waals surface area (Å²) in [4.78, 5) is 10.8. The number of hydrogen-bond acceptors (Lipinski definition) is 2. The molecule has 1 atom stereocenters. The molecule has 0 amide bonds. The summed E-state index contributed by atoms with van der Waals surface area (Å²) in [5.41, 5.74) is 0. The van der Waals surface area contributed by atoms with Crippen LogP contribution in [0, 0.1) is 17.8 Å². The number of carboxylic acid groups (broad SMARTS) is 1. The fourth-order valence-electron chi connectivity index (χ4n) is 2.29. The van der Waals surface area contributed by atoms with Crippen LogP contribution < -0.4 is 5.32 Å². The predicted molar refractivity (Wildman–Crippen MR) is 65.4 cm³/mol. The molecule has 0 aromatic heterocycles. The van der Waals surface area contributed by atoms with E-state index in [9.17, 15) is 4.79 Å². The van der Waals surface area contributed by atoms with Gasteiger partial charge in [0.2, 0.25) is 0 Å². The van der Waals surface area contributed by atoms with Crippen LogP contribution in [0.15, 0.2) is 0 Å². The quantitative estimate of drug-likeness (QED) is 0.733. The first kappa shape index (κ1) is 13.5. The number of aliphatic carboxylic acids is 1. The Kier molecular flexibility index (Phi) is 5.81. The summed E-state index contributed by atoms with van der Waals surface area (Å²) >= 11 is 0. The largest absolute Gasteiger partial charge is 0.481 e. The highest BCUT2D eigenvalue weighted by molar-refractivity contribution is 5.69. The van der Waals surface area contributed by atoms with Crippen LogP contribution in [0.25, 0.3) is 0 Å². The van der Waals surface area contributed by atoms with E-state index in [0.717, 1.165) is 44.7 Å². The molecule has 1 aliphatic rings. The fourth-order valence-corrected chi connectivity index (χ4v) is 2.29. The molecule has 0 aromatic rings. The number of carbonyl (C=O) groups is 1. The van der Waals surface area contributed by atoms with Crippen molar-refractivity contribution >= 4 is 5.97 Å². The minimum Gasteiger partial charge on any atom is -0.481 e. The molecule has 1 saturated carbocycles. The molecule has 2 N–H and O–H groups in total. The minimum absolute atomic E-state index is 0.0779. The zero-order valence-corrected chi connectivity index (χ0v) is 10.5. The Balaban J connectivity index is 2.10. The maximum Gasteiger partial charge on any atom is 0.306 e. The lowest BCUT2D eigenvalue weighted by Gasteiger charge is -2.26. The summed E-state index contributed by atoms with van der Waals surface area (Å²) in [7, 11) is 0. The van der Waals surface area contributed by atoms with E-state index in [-0.39, 0.29) is 5.92 Å². The normalized spacial score (nSPS) is 27.6. The van der Waals surface area contributed by atoms with Crippen molar-refractivity contribution in [3.8, 4) is 0 Å². The highest BCUT2D eigenvalue weighted by atomic mass is 16.4. The Hall–Kier alpha value is -0.570. The van der Waals surface area contributed by atoms with Gasteiger partial charge in [-0.1, -0.05) is 20.3 Å². The molecule has 1 rings (SSSR count). The highest BCUT2D eigenvalue weighted by Crippen LogP contribution is 2.28. The van der Waals surface area contributed by atoms with Crippen molar-refractivity contribution in [1.82, 2.24) is 5.32 Å². The van der Waals surface area contributed by atoms with E-state index in [2.05, 4.69) is 19.2 Å². The smallest absolute Gasteiger partial charge is 0.306 e. The van der Waals surface area contributed by atoms with Gasteiger partial charge < -0.3 is 10.4 Å². The highest BCUT2D eigenvalue weighted by Gasteiger charge is 2.25. The van der Waals surface area contributed by atoms with Crippen molar-refractivity contribution in [2.45, 2.75) is 46.0 Å². The number of nitrogens with one attached hydrogen (secondary N) is 1. The van der Waals surface area contributed by atoms with E-state index in [1.165, 1.54) is 6.42 Å². The summed E-state index contributed by atoms with van der Waals surface area (Å²) in [6, 6.07) is 0. The van der Waals surface area contributed by atoms with E-state index < -0.39 is 5.97 Å². The Bertz CT molecular complexity index is 210. The molecule has 16 heavy (non-hydrogen) atoms. The second-order valence-electron chi connectivity index (χ2n) is 5.23. The SMILES string of the molecule is CCC(C)CNCC1CCC(C(=O)O)CC1. The molecular formula is C13H25NO2. The molecule has 3 heteroatoms. The molecule has 0 spiro atoms. The molecule has 0 aromatic carbocycles. The van der Waals surface area contributed by atoms with Gasteiger partial charge in [0.1, 0.15) is 0 Å². The lowest BCUT2D eigenvalue weighted by Crippen LogP contribution is -2.30. The van der Waals surface area contributed by atoms with Crippen LogP contribution >= 0.6 is 0 Å². The summed E-state index contributed by atoms with van der Waals surface area (Å²) in [5, 5.41) is 12.4. The van der Waals surface area contributed by atoms with Crippen molar-refractivity contribution in [2.24, 2.45) is 17.8 Å². The van der Waals surface area contributed by atoms with E-state index in [4.69, 9.17) is 5.11 Å². The standard InChI is InChI=1S/C13H25NO2/c1-3-10(2)8-14-9-11-4-6-12(7-5-11)13(15)16/h10-12,14H,3-9H2,1-2H3,(H,15,16). The minimum atomic E-state index is -0.606. The monoisotopic (exact) mass is 227 g/mol. The summed E-state index contributed by atoms with van der Waals surface area (Å²) < 4.78 is 0. The van der Waals surface area contributed by atoms with Crippen LogP contribution in [-0.2, 0) is 4.79 Å². The van der Waals surface area contributed by atoms with E-state index in [0.29, 0.717) is 5.92 Å². The molecular weight excluding hydrogens is 202 g/mol. The first-order valence-corrected chi connectivity index (χ1v) is 6.57. The lowest BCUT2D eigenvalue weighted by atomic mass is 9.82. The molecule has 0 saturated heterocycles. The van der Waals surface area contributed by atoms with Gasteiger partial charge in [-0.15, -0.1) is 0 Å². The number of rotatable bonds is 6. The van der Waals surface area contributed by atoms with Crippen molar-refractivity contribution in [3.63, 3.8) is 0 Å². The molecule has 1 fully saturated rings. The van der Waals surface area contributed by atoms with Crippen molar-refractivity contribution in [1.29, 1.82) is 0 Å². The Labute approximate surface area is 98.6 Å². The molecule has 0 bridgehead atoms. The van der Waals surface area contributed by atoms with E-state index in [1.807, 2.05) is 0 Å². The molecule has 1 aliphatic carbocycles. The topological polar surface area (TPSA) is 49.3 Å². The van der Waals surface area contributed by atoms with Crippen LogP contribution in [0.3, 0.4) is 0 Å². The maximum absolute atomic E-state index is 10.8. The molecule has 0 heterocycles. The van der Waals surface area contributed by atoms with Gasteiger partial charge in [-0.3, -0.25) is 4.79 Å². The van der Waals surface area contributed by atoms with Crippen LogP contribution in [0.2, 0.25) is 0 Å². The Morgan fingerprint density at radius 3 is 2.50 bits per heavy atom. The first-order chi connectivity index (χ1) is 7.63. The van der Waals surface area contributed by atoms with Gasteiger partial charge in [0.05, 0.1) is 5.92 Å². The summed E-state index contributed by atoms with van der Waals surface area (Å²) in [6.07, 6.45) is 5.10. The third-order valence-electron chi connectivity index (χ3n) is 3.82. The van der Waals surface area contributed by atoms with E-state index in [1.54, 1.807) is 0 Å².